The highest BCUT2D eigenvalue weighted by Gasteiger charge is 2.38. The van der Waals surface area contributed by atoms with Gasteiger partial charge in [0.05, 0.1) is 0 Å². The van der Waals surface area contributed by atoms with Gasteiger partial charge in [0.2, 0.25) is 5.83 Å². The van der Waals surface area contributed by atoms with Crippen LogP contribution in [0.5, 0.6) is 0 Å². The van der Waals surface area contributed by atoms with E-state index in [1.165, 1.54) is 0 Å². The zero-order chi connectivity index (χ0) is 13.0. The Morgan fingerprint density at radius 2 is 1.89 bits per heavy atom. The van der Waals surface area contributed by atoms with Crippen LogP contribution in [0.2, 0.25) is 0 Å². The Kier molecular flexibility index (Phi) is 3.77. The van der Waals surface area contributed by atoms with Crippen molar-refractivity contribution < 1.29 is 13.9 Å². The van der Waals surface area contributed by atoms with Crippen molar-refractivity contribution in [3.8, 4) is 0 Å². The largest absolute Gasteiger partial charge is 0.449 e. The maximum atomic E-state index is 12.9. The van der Waals surface area contributed by atoms with Gasteiger partial charge in [-0.25, -0.2) is 4.79 Å². The van der Waals surface area contributed by atoms with Crippen molar-refractivity contribution in [2.45, 2.75) is 18.4 Å². The number of carbonyl (C=O) groups is 1. The minimum absolute atomic E-state index is 0.635. The number of benzene rings is 1. The van der Waals surface area contributed by atoms with Crippen molar-refractivity contribution in [3.05, 3.63) is 48.3 Å². The van der Waals surface area contributed by atoms with Crippen molar-refractivity contribution in [1.82, 2.24) is 5.32 Å². The lowest BCUT2D eigenvalue weighted by atomic mass is 9.85. The molecule has 0 bridgehead atoms. The van der Waals surface area contributed by atoms with Gasteiger partial charge >= 0.3 is 5.97 Å². The van der Waals surface area contributed by atoms with Gasteiger partial charge in [-0.15, -0.1) is 0 Å². The number of esters is 1. The summed E-state index contributed by atoms with van der Waals surface area (Å²) in [5, 5.41) is 3.20. The van der Waals surface area contributed by atoms with E-state index in [1.807, 2.05) is 30.3 Å². The van der Waals surface area contributed by atoms with Crippen molar-refractivity contribution in [3.63, 3.8) is 0 Å². The molecule has 0 amide bonds. The minimum atomic E-state index is -1.05. The Bertz CT molecular complexity index is 438. The summed E-state index contributed by atoms with van der Waals surface area (Å²) in [6.07, 6.45) is 1.27. The number of hydrogen-bond acceptors (Lipinski definition) is 3. The van der Waals surface area contributed by atoms with Crippen molar-refractivity contribution >= 4 is 5.97 Å². The molecule has 1 heterocycles. The van der Waals surface area contributed by atoms with E-state index in [-0.39, 0.29) is 0 Å². The molecule has 2 rings (SSSR count). The second kappa shape index (κ2) is 5.31. The fraction of sp³-hybridized carbons (Fsp3) is 0.357. The van der Waals surface area contributed by atoms with Crippen LogP contribution < -0.4 is 5.32 Å². The molecule has 1 aromatic rings. The van der Waals surface area contributed by atoms with Crippen molar-refractivity contribution in [2.75, 3.05) is 13.1 Å². The Hall–Kier alpha value is -1.68. The van der Waals surface area contributed by atoms with Gasteiger partial charge in [0.25, 0.3) is 0 Å². The van der Waals surface area contributed by atoms with E-state index < -0.39 is 17.4 Å². The first-order chi connectivity index (χ1) is 8.64. The number of hydrogen-bond donors (Lipinski definition) is 1. The summed E-state index contributed by atoms with van der Waals surface area (Å²) >= 11 is 0. The molecule has 0 unspecified atom stereocenters. The molecular weight excluding hydrogens is 233 g/mol. The molecule has 18 heavy (non-hydrogen) atoms. The molecule has 1 N–H and O–H groups in total. The first-order valence-electron chi connectivity index (χ1n) is 5.98. The van der Waals surface area contributed by atoms with Gasteiger partial charge < -0.3 is 10.1 Å². The van der Waals surface area contributed by atoms with E-state index in [1.54, 1.807) is 0 Å². The summed E-state index contributed by atoms with van der Waals surface area (Å²) in [7, 11) is 0. The normalized spacial score (nSPS) is 18.1. The molecule has 0 saturated carbocycles. The molecule has 1 saturated heterocycles. The van der Waals surface area contributed by atoms with Gasteiger partial charge in [0.15, 0.2) is 0 Å². The van der Waals surface area contributed by atoms with Gasteiger partial charge in [-0.2, -0.15) is 4.39 Å². The highest BCUT2D eigenvalue weighted by molar-refractivity contribution is 5.85. The average Bonchev–Trinajstić information content (AvgIpc) is 2.40. The SMILES string of the molecule is C=C(F)C(=O)OC1(c2ccccc2)CCNCC1. The molecule has 1 fully saturated rings. The maximum absolute atomic E-state index is 12.9. The van der Waals surface area contributed by atoms with Gasteiger partial charge in [-0.05, 0) is 18.7 Å². The molecule has 4 heteroatoms. The zero-order valence-corrected chi connectivity index (χ0v) is 10.1. The molecular formula is C14H16FNO2. The Balaban J connectivity index is 2.29. The van der Waals surface area contributed by atoms with Gasteiger partial charge in [0.1, 0.15) is 5.60 Å². The van der Waals surface area contributed by atoms with Gasteiger partial charge in [0, 0.05) is 12.8 Å². The first kappa shape index (κ1) is 12.8. The lowest BCUT2D eigenvalue weighted by molar-refractivity contribution is -0.161. The van der Waals surface area contributed by atoms with Crippen molar-refractivity contribution in [2.24, 2.45) is 0 Å². The standard InChI is InChI=1S/C14H16FNO2/c1-11(15)13(17)18-14(7-9-16-10-8-14)12-5-3-2-4-6-12/h2-6,16H,1,7-10H2. The van der Waals surface area contributed by atoms with Crippen LogP contribution in [0.3, 0.4) is 0 Å². The molecule has 96 valence electrons. The summed E-state index contributed by atoms with van der Waals surface area (Å²) in [6, 6.07) is 9.47. The number of carbonyl (C=O) groups excluding carboxylic acids is 1. The molecule has 0 aromatic heterocycles. The molecule has 0 aliphatic carbocycles. The maximum Gasteiger partial charge on any atom is 0.367 e. The van der Waals surface area contributed by atoms with Crippen LogP contribution in [-0.2, 0) is 15.1 Å². The zero-order valence-electron chi connectivity index (χ0n) is 10.1. The third-order valence-corrected chi connectivity index (χ3v) is 3.22. The van der Waals surface area contributed by atoms with Gasteiger partial charge in [-0.3, -0.25) is 0 Å². The predicted molar refractivity (Wildman–Crippen MR) is 66.6 cm³/mol. The topological polar surface area (TPSA) is 38.3 Å². The Morgan fingerprint density at radius 1 is 1.28 bits per heavy atom. The average molecular weight is 249 g/mol. The monoisotopic (exact) mass is 249 g/mol. The Labute approximate surface area is 106 Å². The fourth-order valence-corrected chi connectivity index (χ4v) is 2.25. The van der Waals surface area contributed by atoms with Crippen LogP contribution in [0.25, 0.3) is 0 Å². The smallest absolute Gasteiger partial charge is 0.367 e. The quantitative estimate of drug-likeness (QED) is 0.660. The van der Waals surface area contributed by atoms with E-state index in [9.17, 15) is 9.18 Å². The number of piperidine rings is 1. The van der Waals surface area contributed by atoms with E-state index in [2.05, 4.69) is 11.9 Å². The summed E-state index contributed by atoms with van der Waals surface area (Å²) in [5.74, 6) is -2.02. The van der Waals surface area contributed by atoms with Crippen LogP contribution >= 0.6 is 0 Å². The van der Waals surface area contributed by atoms with E-state index in [0.717, 1.165) is 18.7 Å². The molecule has 3 nitrogen and oxygen atoms in total. The highest BCUT2D eigenvalue weighted by atomic mass is 19.1. The first-order valence-corrected chi connectivity index (χ1v) is 5.98. The van der Waals surface area contributed by atoms with E-state index in [0.29, 0.717) is 12.8 Å². The molecule has 0 atom stereocenters. The molecule has 1 aliphatic rings. The van der Waals surface area contributed by atoms with Crippen LogP contribution in [0, 0.1) is 0 Å². The highest BCUT2D eigenvalue weighted by Crippen LogP contribution is 2.35. The second-order valence-corrected chi connectivity index (χ2v) is 4.40. The molecule has 1 aromatic carbocycles. The lowest BCUT2D eigenvalue weighted by Crippen LogP contribution is -2.43. The third-order valence-electron chi connectivity index (χ3n) is 3.22. The molecule has 0 radical (unpaired) electrons. The van der Waals surface area contributed by atoms with Crippen LogP contribution in [0.15, 0.2) is 42.7 Å². The number of halogens is 1. The summed E-state index contributed by atoms with van der Waals surface area (Å²) in [4.78, 5) is 11.5. The molecule has 0 spiro atoms. The Morgan fingerprint density at radius 3 is 2.44 bits per heavy atom. The van der Waals surface area contributed by atoms with Crippen molar-refractivity contribution in [1.29, 1.82) is 0 Å². The van der Waals surface area contributed by atoms with E-state index in [4.69, 9.17) is 4.74 Å². The summed E-state index contributed by atoms with van der Waals surface area (Å²) in [6.45, 7) is 4.46. The number of nitrogens with one attached hydrogen (secondary N) is 1. The van der Waals surface area contributed by atoms with Gasteiger partial charge in [-0.1, -0.05) is 36.9 Å². The van der Waals surface area contributed by atoms with Crippen LogP contribution in [0.1, 0.15) is 18.4 Å². The lowest BCUT2D eigenvalue weighted by Gasteiger charge is -2.37. The predicted octanol–water partition coefficient (Wildman–Crippen LogP) is 2.29. The van der Waals surface area contributed by atoms with Crippen LogP contribution in [0.4, 0.5) is 4.39 Å². The molecule has 1 aliphatic heterocycles. The fourth-order valence-electron chi connectivity index (χ4n) is 2.25. The number of rotatable bonds is 3. The third kappa shape index (κ3) is 2.59. The summed E-state index contributed by atoms with van der Waals surface area (Å²) in [5.41, 5.74) is 0.166. The van der Waals surface area contributed by atoms with E-state index >= 15 is 0 Å². The summed E-state index contributed by atoms with van der Waals surface area (Å²) < 4.78 is 18.2. The minimum Gasteiger partial charge on any atom is -0.449 e. The number of ether oxygens (including phenoxy) is 1. The second-order valence-electron chi connectivity index (χ2n) is 4.40. The van der Waals surface area contributed by atoms with Crippen LogP contribution in [-0.4, -0.2) is 19.1 Å².